The lowest BCUT2D eigenvalue weighted by Crippen LogP contribution is -2.28. The second-order valence-corrected chi connectivity index (χ2v) is 3.27. The molecular formula is C10H14ClNO3. The zero-order valence-electron chi connectivity index (χ0n) is 8.50. The number of hydrogen-bond donors (Lipinski definition) is 2. The van der Waals surface area contributed by atoms with Gasteiger partial charge in [0.05, 0.1) is 11.7 Å². The van der Waals surface area contributed by atoms with Crippen LogP contribution in [0, 0.1) is 0 Å². The zero-order chi connectivity index (χ0) is 11.8. The van der Waals surface area contributed by atoms with E-state index in [1.54, 1.807) is 0 Å². The van der Waals surface area contributed by atoms with Crippen LogP contribution in [0.2, 0.25) is 0 Å². The van der Waals surface area contributed by atoms with Gasteiger partial charge in [-0.1, -0.05) is 30.8 Å². The Morgan fingerprint density at radius 2 is 2.33 bits per heavy atom. The number of aliphatic hydroxyl groups excluding tert-OH is 1. The van der Waals surface area contributed by atoms with Gasteiger partial charge in [-0.05, 0) is 13.0 Å². The Morgan fingerprint density at radius 1 is 1.73 bits per heavy atom. The van der Waals surface area contributed by atoms with Crippen molar-refractivity contribution in [2.45, 2.75) is 13.0 Å². The van der Waals surface area contributed by atoms with E-state index in [0.29, 0.717) is 0 Å². The quantitative estimate of drug-likeness (QED) is 0.411. The van der Waals surface area contributed by atoms with Crippen molar-refractivity contribution in [1.29, 1.82) is 0 Å². The molecule has 0 aromatic carbocycles. The Kier molecular flexibility index (Phi) is 6.70. The number of rotatable bonds is 6. The fraction of sp³-hybridized carbons (Fsp3) is 0.300. The fourth-order valence-electron chi connectivity index (χ4n) is 0.690. The lowest BCUT2D eigenvalue weighted by Gasteiger charge is -2.08. The van der Waals surface area contributed by atoms with E-state index in [1.165, 1.54) is 19.1 Å². The number of allylic oxidation sites excluding steroid dienone is 2. The van der Waals surface area contributed by atoms with Gasteiger partial charge in [-0.3, -0.25) is 9.63 Å². The number of amides is 1. The average molecular weight is 232 g/mol. The molecule has 0 fully saturated rings. The molecule has 0 heterocycles. The minimum atomic E-state index is -0.656. The van der Waals surface area contributed by atoms with Crippen LogP contribution < -0.4 is 5.48 Å². The first-order valence-corrected chi connectivity index (χ1v) is 4.64. The summed E-state index contributed by atoms with van der Waals surface area (Å²) in [6.45, 7) is 8.40. The molecule has 0 aliphatic carbocycles. The van der Waals surface area contributed by atoms with Crippen molar-refractivity contribution in [2.75, 3.05) is 6.61 Å². The van der Waals surface area contributed by atoms with E-state index in [9.17, 15) is 4.79 Å². The third kappa shape index (κ3) is 6.06. The van der Waals surface area contributed by atoms with Gasteiger partial charge in [-0.15, -0.1) is 0 Å². The van der Waals surface area contributed by atoms with Gasteiger partial charge in [0.15, 0.2) is 0 Å². The van der Waals surface area contributed by atoms with Crippen LogP contribution in [0.5, 0.6) is 0 Å². The second kappa shape index (κ2) is 7.23. The summed E-state index contributed by atoms with van der Waals surface area (Å²) in [7, 11) is 0. The summed E-state index contributed by atoms with van der Waals surface area (Å²) in [6, 6.07) is 0. The van der Waals surface area contributed by atoms with Crippen molar-refractivity contribution in [2.24, 2.45) is 0 Å². The Bertz CT molecular complexity index is 284. The van der Waals surface area contributed by atoms with Crippen molar-refractivity contribution in [3.63, 3.8) is 0 Å². The largest absolute Gasteiger partial charge is 0.391 e. The molecule has 1 atom stereocenters. The molecule has 0 aliphatic heterocycles. The van der Waals surface area contributed by atoms with E-state index in [1.807, 2.05) is 0 Å². The summed E-state index contributed by atoms with van der Waals surface area (Å²) in [5, 5.41) is 8.96. The Hall–Kier alpha value is -1.10. The van der Waals surface area contributed by atoms with Crippen molar-refractivity contribution in [3.8, 4) is 0 Å². The molecule has 5 heteroatoms. The predicted molar refractivity (Wildman–Crippen MR) is 59.0 cm³/mol. The molecular weight excluding hydrogens is 218 g/mol. The van der Waals surface area contributed by atoms with Gasteiger partial charge in [0.1, 0.15) is 6.61 Å². The highest BCUT2D eigenvalue weighted by Gasteiger charge is 2.10. The first-order chi connectivity index (χ1) is 6.99. The van der Waals surface area contributed by atoms with Gasteiger partial charge < -0.3 is 5.11 Å². The van der Waals surface area contributed by atoms with Crippen molar-refractivity contribution >= 4 is 17.5 Å². The summed E-state index contributed by atoms with van der Waals surface area (Å²) in [6.07, 6.45) is 2.17. The summed E-state index contributed by atoms with van der Waals surface area (Å²) >= 11 is 5.58. The number of carbonyl (C=O) groups is 1. The number of aliphatic hydroxyl groups is 1. The summed E-state index contributed by atoms with van der Waals surface area (Å²) in [5.41, 5.74) is 2.28. The number of hydroxylamine groups is 1. The Balaban J connectivity index is 4.23. The smallest absolute Gasteiger partial charge is 0.276 e. The molecule has 84 valence electrons. The number of carbonyl (C=O) groups excluding carboxylic acids is 1. The van der Waals surface area contributed by atoms with Gasteiger partial charge in [0.25, 0.3) is 5.91 Å². The highest BCUT2D eigenvalue weighted by atomic mass is 35.5. The van der Waals surface area contributed by atoms with E-state index in [4.69, 9.17) is 21.5 Å². The molecule has 4 nitrogen and oxygen atoms in total. The number of nitrogens with one attached hydrogen (secondary N) is 1. The first kappa shape index (κ1) is 13.9. The topological polar surface area (TPSA) is 58.6 Å². The van der Waals surface area contributed by atoms with E-state index < -0.39 is 12.0 Å². The second-order valence-electron chi connectivity index (χ2n) is 2.81. The third-order valence-corrected chi connectivity index (χ3v) is 1.51. The van der Waals surface area contributed by atoms with Crippen molar-refractivity contribution < 1.29 is 14.7 Å². The normalized spacial score (nSPS) is 13.1. The van der Waals surface area contributed by atoms with Crippen molar-refractivity contribution in [1.82, 2.24) is 5.48 Å². The van der Waals surface area contributed by atoms with Crippen molar-refractivity contribution in [3.05, 3.63) is 35.9 Å². The summed E-state index contributed by atoms with van der Waals surface area (Å²) in [5.74, 6) is -0.532. The molecule has 1 unspecified atom stereocenters. The molecule has 0 radical (unpaired) electrons. The number of halogens is 1. The maximum absolute atomic E-state index is 11.4. The molecule has 0 bridgehead atoms. The van der Waals surface area contributed by atoms with Gasteiger partial charge >= 0.3 is 0 Å². The highest BCUT2D eigenvalue weighted by molar-refractivity contribution is 6.35. The summed E-state index contributed by atoms with van der Waals surface area (Å²) in [4.78, 5) is 16.1. The Labute approximate surface area is 93.8 Å². The molecule has 0 aromatic rings. The zero-order valence-corrected chi connectivity index (χ0v) is 9.25. The number of hydrogen-bond acceptors (Lipinski definition) is 3. The molecule has 1 amide bonds. The van der Waals surface area contributed by atoms with E-state index >= 15 is 0 Å². The monoisotopic (exact) mass is 231 g/mol. The van der Waals surface area contributed by atoms with Gasteiger partial charge in [0.2, 0.25) is 0 Å². The average Bonchev–Trinajstić information content (AvgIpc) is 2.12. The van der Waals surface area contributed by atoms with Crippen LogP contribution in [0.4, 0.5) is 0 Å². The molecule has 0 spiro atoms. The van der Waals surface area contributed by atoms with E-state index in [0.717, 1.165) is 0 Å². The van der Waals surface area contributed by atoms with Crippen LogP contribution in [0.25, 0.3) is 0 Å². The van der Waals surface area contributed by atoms with E-state index in [-0.39, 0.29) is 17.2 Å². The molecule has 0 aliphatic rings. The molecule has 0 aromatic heterocycles. The van der Waals surface area contributed by atoms with Crippen LogP contribution in [0.1, 0.15) is 6.92 Å². The van der Waals surface area contributed by atoms with E-state index in [2.05, 4.69) is 18.6 Å². The minimum Gasteiger partial charge on any atom is -0.391 e. The third-order valence-electron chi connectivity index (χ3n) is 1.31. The lowest BCUT2D eigenvalue weighted by molar-refractivity contribution is -0.131. The fourth-order valence-corrected chi connectivity index (χ4v) is 0.839. The molecule has 0 saturated carbocycles. The Morgan fingerprint density at radius 3 is 2.73 bits per heavy atom. The predicted octanol–water partition coefficient (Wildman–Crippen LogP) is 1.28. The van der Waals surface area contributed by atoms with Gasteiger partial charge in [0, 0.05) is 5.03 Å². The van der Waals surface area contributed by atoms with Crippen LogP contribution >= 0.6 is 11.6 Å². The maximum Gasteiger partial charge on any atom is 0.276 e. The van der Waals surface area contributed by atoms with Crippen LogP contribution in [-0.4, -0.2) is 23.7 Å². The first-order valence-electron chi connectivity index (χ1n) is 4.26. The van der Waals surface area contributed by atoms with Crippen LogP contribution in [0.15, 0.2) is 35.9 Å². The minimum absolute atomic E-state index is 0.00186. The summed E-state index contributed by atoms with van der Waals surface area (Å²) < 4.78 is 0. The van der Waals surface area contributed by atoms with Gasteiger partial charge in [-0.2, -0.15) is 0 Å². The molecule has 0 rings (SSSR count). The SMILES string of the molecule is C=C/C=C(\C(=C)Cl)C(=O)NOCC(C)O. The molecule has 2 N–H and O–H groups in total. The lowest BCUT2D eigenvalue weighted by atomic mass is 10.2. The maximum atomic E-state index is 11.4. The van der Waals surface area contributed by atoms with Gasteiger partial charge in [-0.25, -0.2) is 5.48 Å². The van der Waals surface area contributed by atoms with Crippen LogP contribution in [0.3, 0.4) is 0 Å². The highest BCUT2D eigenvalue weighted by Crippen LogP contribution is 2.12. The molecule has 15 heavy (non-hydrogen) atoms. The molecule has 0 saturated heterocycles. The standard InChI is InChI=1S/C10H14ClNO3/c1-4-5-9(8(3)11)10(14)12-15-6-7(2)13/h4-5,7,13H,1,3,6H2,2H3,(H,12,14)/b9-5+. The van der Waals surface area contributed by atoms with Crippen LogP contribution in [-0.2, 0) is 9.63 Å².